The van der Waals surface area contributed by atoms with E-state index in [1.807, 2.05) is 24.6 Å². The van der Waals surface area contributed by atoms with Gasteiger partial charge in [-0.05, 0) is 45.0 Å². The van der Waals surface area contributed by atoms with Gasteiger partial charge in [0.15, 0.2) is 5.78 Å². The molecule has 0 spiro atoms. The zero-order valence-electron chi connectivity index (χ0n) is 10.6. The first kappa shape index (κ1) is 12.5. The number of aromatic nitrogens is 2. The molecule has 1 aromatic carbocycles. The smallest absolute Gasteiger partial charge is 0.160 e. The van der Waals surface area contributed by atoms with E-state index in [9.17, 15) is 9.18 Å². The summed E-state index contributed by atoms with van der Waals surface area (Å²) in [5.74, 6) is -0.555. The Morgan fingerprint density at radius 2 is 2.06 bits per heavy atom. The number of carbonyl (C=O) groups excluding carboxylic acids is 1. The van der Waals surface area contributed by atoms with Crippen LogP contribution in [0, 0.1) is 5.82 Å². The fourth-order valence-corrected chi connectivity index (χ4v) is 1.97. The summed E-state index contributed by atoms with van der Waals surface area (Å²) >= 11 is 0. The molecule has 94 valence electrons. The first-order valence-electron chi connectivity index (χ1n) is 5.85. The molecule has 0 radical (unpaired) electrons. The summed E-state index contributed by atoms with van der Waals surface area (Å²) in [5, 5.41) is 4.23. The summed E-state index contributed by atoms with van der Waals surface area (Å²) in [6.45, 7) is 5.45. The molecular weight excluding hydrogens is 231 g/mol. The first-order chi connectivity index (χ1) is 8.50. The quantitative estimate of drug-likeness (QED) is 0.777. The molecule has 18 heavy (non-hydrogen) atoms. The fraction of sp³-hybridized carbons (Fsp3) is 0.286. The van der Waals surface area contributed by atoms with E-state index in [0.29, 0.717) is 5.56 Å². The lowest BCUT2D eigenvalue weighted by Crippen LogP contribution is -2.07. The number of nitrogens with zero attached hydrogens (tertiary/aromatic N) is 2. The number of ketones is 1. The van der Waals surface area contributed by atoms with E-state index < -0.39 is 5.82 Å². The zero-order chi connectivity index (χ0) is 13.3. The molecule has 0 atom stereocenters. The van der Waals surface area contributed by atoms with Crippen LogP contribution in [-0.4, -0.2) is 15.6 Å². The zero-order valence-corrected chi connectivity index (χ0v) is 10.6. The third-order valence-electron chi connectivity index (χ3n) is 2.80. The summed E-state index contributed by atoms with van der Waals surface area (Å²) in [6, 6.07) is 6.27. The van der Waals surface area contributed by atoms with Gasteiger partial charge in [0.25, 0.3) is 0 Å². The van der Waals surface area contributed by atoms with Crippen LogP contribution in [0.15, 0.2) is 30.5 Å². The highest BCUT2D eigenvalue weighted by atomic mass is 19.1. The van der Waals surface area contributed by atoms with Crippen molar-refractivity contribution in [3.63, 3.8) is 0 Å². The van der Waals surface area contributed by atoms with Gasteiger partial charge in [0.05, 0.1) is 5.69 Å². The van der Waals surface area contributed by atoms with E-state index in [4.69, 9.17) is 0 Å². The topological polar surface area (TPSA) is 34.9 Å². The van der Waals surface area contributed by atoms with Gasteiger partial charge >= 0.3 is 0 Å². The van der Waals surface area contributed by atoms with Crippen molar-refractivity contribution in [2.75, 3.05) is 0 Å². The van der Waals surface area contributed by atoms with Gasteiger partial charge in [-0.2, -0.15) is 5.10 Å². The average Bonchev–Trinajstić information content (AvgIpc) is 2.77. The molecule has 0 aliphatic heterocycles. The number of hydrogen-bond donors (Lipinski definition) is 0. The van der Waals surface area contributed by atoms with Crippen LogP contribution in [0.2, 0.25) is 0 Å². The molecule has 0 saturated heterocycles. The number of carbonyl (C=O) groups is 1. The minimum absolute atomic E-state index is 0.152. The highest BCUT2D eigenvalue weighted by Crippen LogP contribution is 2.26. The Hall–Kier alpha value is -1.97. The lowest BCUT2D eigenvalue weighted by atomic mass is 10.0. The van der Waals surface area contributed by atoms with E-state index in [1.165, 1.54) is 19.1 Å². The molecule has 2 aromatic rings. The molecule has 2 rings (SSSR count). The summed E-state index contributed by atoms with van der Waals surface area (Å²) < 4.78 is 15.1. The molecule has 0 aliphatic carbocycles. The van der Waals surface area contributed by atoms with Crippen LogP contribution in [0.25, 0.3) is 11.3 Å². The monoisotopic (exact) mass is 246 g/mol. The molecule has 4 heteroatoms. The van der Waals surface area contributed by atoms with Crippen LogP contribution in [0.5, 0.6) is 0 Å². The van der Waals surface area contributed by atoms with E-state index in [2.05, 4.69) is 5.10 Å². The summed E-state index contributed by atoms with van der Waals surface area (Å²) in [4.78, 5) is 11.6. The molecule has 0 unspecified atom stereocenters. The van der Waals surface area contributed by atoms with Gasteiger partial charge in [-0.15, -0.1) is 0 Å². The largest absolute Gasteiger partial charge is 0.294 e. The van der Waals surface area contributed by atoms with Gasteiger partial charge in [0.2, 0.25) is 0 Å². The Morgan fingerprint density at radius 3 is 2.67 bits per heavy atom. The number of rotatable bonds is 3. The van der Waals surface area contributed by atoms with Crippen molar-refractivity contribution in [3.8, 4) is 11.3 Å². The third kappa shape index (κ3) is 2.18. The standard InChI is InChI=1S/C14H15FN2O/c1-9(2)17-14(6-7-16-17)12-5-4-11(15)8-13(12)10(3)18/h4-9H,1-3H3. The van der Waals surface area contributed by atoms with Gasteiger partial charge in [0.1, 0.15) is 5.82 Å². The van der Waals surface area contributed by atoms with Crippen LogP contribution in [0.4, 0.5) is 4.39 Å². The molecule has 1 heterocycles. The number of benzene rings is 1. The van der Waals surface area contributed by atoms with Gasteiger partial charge in [-0.3, -0.25) is 9.48 Å². The van der Waals surface area contributed by atoms with E-state index in [1.54, 1.807) is 12.3 Å². The van der Waals surface area contributed by atoms with Crippen LogP contribution >= 0.6 is 0 Å². The molecule has 3 nitrogen and oxygen atoms in total. The number of halogens is 1. The molecule has 1 aromatic heterocycles. The maximum absolute atomic E-state index is 13.2. The van der Waals surface area contributed by atoms with Crippen molar-refractivity contribution >= 4 is 5.78 Å². The number of Topliss-reactive ketones (excluding diaryl/α,β-unsaturated/α-hetero) is 1. The van der Waals surface area contributed by atoms with Crippen molar-refractivity contribution < 1.29 is 9.18 Å². The van der Waals surface area contributed by atoms with E-state index in [0.717, 1.165) is 11.3 Å². The predicted molar refractivity (Wildman–Crippen MR) is 68.0 cm³/mol. The first-order valence-corrected chi connectivity index (χ1v) is 5.85. The summed E-state index contributed by atoms with van der Waals surface area (Å²) in [7, 11) is 0. The second kappa shape index (κ2) is 4.72. The van der Waals surface area contributed by atoms with Gasteiger partial charge < -0.3 is 0 Å². The van der Waals surface area contributed by atoms with Gasteiger partial charge in [0, 0.05) is 23.4 Å². The fourth-order valence-electron chi connectivity index (χ4n) is 1.97. The highest BCUT2D eigenvalue weighted by molar-refractivity contribution is 6.00. The third-order valence-corrected chi connectivity index (χ3v) is 2.80. The Labute approximate surface area is 105 Å². The summed E-state index contributed by atoms with van der Waals surface area (Å²) in [6.07, 6.45) is 1.68. The minimum Gasteiger partial charge on any atom is -0.294 e. The van der Waals surface area contributed by atoms with Crippen molar-refractivity contribution in [1.29, 1.82) is 0 Å². The number of hydrogen-bond acceptors (Lipinski definition) is 2. The van der Waals surface area contributed by atoms with Crippen molar-refractivity contribution in [2.24, 2.45) is 0 Å². The maximum Gasteiger partial charge on any atom is 0.160 e. The lowest BCUT2D eigenvalue weighted by Gasteiger charge is -2.13. The lowest BCUT2D eigenvalue weighted by molar-refractivity contribution is 0.101. The van der Waals surface area contributed by atoms with Crippen molar-refractivity contribution in [2.45, 2.75) is 26.8 Å². The van der Waals surface area contributed by atoms with Crippen LogP contribution in [0.1, 0.15) is 37.2 Å². The molecule has 0 fully saturated rings. The van der Waals surface area contributed by atoms with Crippen LogP contribution in [-0.2, 0) is 0 Å². The average molecular weight is 246 g/mol. The highest BCUT2D eigenvalue weighted by Gasteiger charge is 2.15. The van der Waals surface area contributed by atoms with Crippen molar-refractivity contribution in [1.82, 2.24) is 9.78 Å². The second-order valence-corrected chi connectivity index (χ2v) is 4.50. The Kier molecular flexibility index (Phi) is 3.28. The molecule has 0 aliphatic rings. The Bertz CT molecular complexity index is 587. The molecule has 0 bridgehead atoms. The second-order valence-electron chi connectivity index (χ2n) is 4.50. The van der Waals surface area contributed by atoms with Gasteiger partial charge in [-0.1, -0.05) is 0 Å². The Balaban J connectivity index is 2.63. The van der Waals surface area contributed by atoms with E-state index >= 15 is 0 Å². The molecule has 0 amide bonds. The molecule has 0 N–H and O–H groups in total. The van der Waals surface area contributed by atoms with Crippen LogP contribution in [0.3, 0.4) is 0 Å². The van der Waals surface area contributed by atoms with Crippen LogP contribution < -0.4 is 0 Å². The van der Waals surface area contributed by atoms with Gasteiger partial charge in [-0.25, -0.2) is 4.39 Å². The minimum atomic E-state index is -0.403. The predicted octanol–water partition coefficient (Wildman–Crippen LogP) is 3.47. The maximum atomic E-state index is 13.2. The molecular formula is C14H15FN2O. The normalized spacial score (nSPS) is 10.9. The Morgan fingerprint density at radius 1 is 1.33 bits per heavy atom. The summed E-state index contributed by atoms with van der Waals surface area (Å²) in [5.41, 5.74) is 1.93. The molecule has 0 saturated carbocycles. The van der Waals surface area contributed by atoms with E-state index in [-0.39, 0.29) is 11.8 Å². The van der Waals surface area contributed by atoms with Crippen molar-refractivity contribution in [3.05, 3.63) is 41.8 Å². The SMILES string of the molecule is CC(=O)c1cc(F)ccc1-c1ccnn1C(C)C.